The van der Waals surface area contributed by atoms with Gasteiger partial charge in [0.2, 0.25) is 5.95 Å². The number of aryl methyl sites for hydroxylation is 1. The Morgan fingerprint density at radius 3 is 3.00 bits per heavy atom. The molecule has 0 amide bonds. The highest BCUT2D eigenvalue weighted by molar-refractivity contribution is 7.19. The summed E-state index contributed by atoms with van der Waals surface area (Å²) in [6.45, 7) is 7.34. The summed E-state index contributed by atoms with van der Waals surface area (Å²) in [5.74, 6) is 1.64. The van der Waals surface area contributed by atoms with Crippen molar-refractivity contribution >= 4 is 33.1 Å². The fraction of sp³-hybridized carbons (Fsp3) is 0.611. The van der Waals surface area contributed by atoms with Gasteiger partial charge in [0.05, 0.1) is 38.2 Å². The van der Waals surface area contributed by atoms with Crippen LogP contribution in [0.15, 0.2) is 6.33 Å². The van der Waals surface area contributed by atoms with Crippen LogP contribution in [0.1, 0.15) is 23.8 Å². The third kappa shape index (κ3) is 2.59. The number of fused-ring (bicyclic) bond motifs is 5. The normalized spacial score (nSPS) is 21.6. The third-order valence-electron chi connectivity index (χ3n) is 5.87. The lowest BCUT2D eigenvalue weighted by atomic mass is 9.89. The first-order valence-corrected chi connectivity index (χ1v) is 10.4. The number of hydrogen-bond acceptors (Lipinski definition) is 6. The summed E-state index contributed by atoms with van der Waals surface area (Å²) in [6.07, 6.45) is 5.22. The van der Waals surface area contributed by atoms with Crippen molar-refractivity contribution in [3.8, 4) is 0 Å². The number of nitrogens with zero attached hydrogens (tertiary/aromatic N) is 5. The highest BCUT2D eigenvalue weighted by atomic mass is 32.1. The van der Waals surface area contributed by atoms with Gasteiger partial charge in [0, 0.05) is 4.88 Å². The summed E-state index contributed by atoms with van der Waals surface area (Å²) in [6, 6.07) is 0. The number of thiophene rings is 1. The molecule has 4 heterocycles. The number of piperazine rings is 1. The van der Waals surface area contributed by atoms with Crippen LogP contribution >= 0.6 is 11.3 Å². The lowest BCUT2D eigenvalue weighted by Crippen LogP contribution is -3.15. The van der Waals surface area contributed by atoms with Gasteiger partial charge in [0.25, 0.3) is 0 Å². The van der Waals surface area contributed by atoms with E-state index in [0.717, 1.165) is 67.9 Å². The maximum absolute atomic E-state index is 9.16. The molecular weight excluding hydrogens is 348 g/mol. The number of rotatable bonds is 3. The van der Waals surface area contributed by atoms with Gasteiger partial charge in [0.1, 0.15) is 17.7 Å². The van der Waals surface area contributed by atoms with Gasteiger partial charge >= 0.3 is 0 Å². The maximum atomic E-state index is 9.16. The predicted molar refractivity (Wildman–Crippen MR) is 102 cm³/mol. The van der Waals surface area contributed by atoms with Gasteiger partial charge in [-0.25, -0.2) is 9.97 Å². The first kappa shape index (κ1) is 16.4. The van der Waals surface area contributed by atoms with Crippen molar-refractivity contribution in [2.75, 3.05) is 44.2 Å². The lowest BCUT2D eigenvalue weighted by molar-refractivity contribution is -0.900. The van der Waals surface area contributed by atoms with Crippen LogP contribution in [0, 0.1) is 5.92 Å². The zero-order chi connectivity index (χ0) is 17.7. The Morgan fingerprint density at radius 1 is 1.35 bits per heavy atom. The Balaban J connectivity index is 1.58. The second-order valence-electron chi connectivity index (χ2n) is 7.65. The van der Waals surface area contributed by atoms with Crippen LogP contribution in [0.2, 0.25) is 0 Å². The quantitative estimate of drug-likeness (QED) is 0.685. The van der Waals surface area contributed by atoms with Crippen molar-refractivity contribution in [2.24, 2.45) is 5.92 Å². The van der Waals surface area contributed by atoms with Crippen molar-refractivity contribution in [1.29, 1.82) is 0 Å². The molecule has 1 aliphatic heterocycles. The number of nitrogens with one attached hydrogen (secondary N) is 1. The maximum Gasteiger partial charge on any atom is 0.230 e. The molecule has 0 saturated carbocycles. The number of hydrogen-bond donors (Lipinski definition) is 2. The van der Waals surface area contributed by atoms with E-state index in [1.807, 2.05) is 15.9 Å². The van der Waals surface area contributed by atoms with Crippen LogP contribution in [0.3, 0.4) is 0 Å². The molecule has 7 nitrogen and oxygen atoms in total. The molecule has 1 aliphatic carbocycles. The van der Waals surface area contributed by atoms with Crippen LogP contribution < -0.4 is 9.80 Å². The first-order valence-electron chi connectivity index (χ1n) is 9.58. The Kier molecular flexibility index (Phi) is 4.06. The van der Waals surface area contributed by atoms with Gasteiger partial charge in [-0.15, -0.1) is 11.3 Å². The smallest absolute Gasteiger partial charge is 0.230 e. The second kappa shape index (κ2) is 6.44. The standard InChI is InChI=1S/C18H24N6OS/c1-12-2-3-14-13(10-12)15-16-19-11-20-24(16)18(21-17(15)26-14)23-6-4-22(5-7-23)8-9-25/h11-12,25H,2-10H2,1H3/p+1/t12-/m1/s1. The van der Waals surface area contributed by atoms with E-state index in [1.165, 1.54) is 27.1 Å². The topological polar surface area (TPSA) is 71.0 Å². The number of aliphatic hydroxyl groups is 1. The second-order valence-corrected chi connectivity index (χ2v) is 8.73. The van der Waals surface area contributed by atoms with Crippen LogP contribution in [-0.2, 0) is 12.8 Å². The minimum atomic E-state index is 0.256. The molecule has 26 heavy (non-hydrogen) atoms. The number of anilines is 1. The first-order chi connectivity index (χ1) is 12.7. The molecule has 2 aliphatic rings. The average molecular weight is 374 g/mol. The molecule has 5 rings (SSSR count). The minimum absolute atomic E-state index is 0.256. The van der Waals surface area contributed by atoms with Crippen molar-refractivity contribution < 1.29 is 10.0 Å². The SMILES string of the molecule is C[C@@H]1CCc2sc3nc(N4CC[NH+](CCO)CC4)n4ncnc4c3c2C1. The number of quaternary nitrogens is 1. The molecule has 1 fully saturated rings. The Bertz CT molecular complexity index is 942. The zero-order valence-corrected chi connectivity index (χ0v) is 15.9. The van der Waals surface area contributed by atoms with Gasteiger partial charge < -0.3 is 14.9 Å². The predicted octanol–water partition coefficient (Wildman–Crippen LogP) is 0.161. The Hall–Kier alpha value is -1.77. The summed E-state index contributed by atoms with van der Waals surface area (Å²) >= 11 is 1.85. The van der Waals surface area contributed by atoms with E-state index in [0.29, 0.717) is 0 Å². The molecule has 2 N–H and O–H groups in total. The average Bonchev–Trinajstić information content (AvgIpc) is 3.25. The molecular formula is C18H25N6OS+. The number of aliphatic hydroxyl groups excluding tert-OH is 1. The van der Waals surface area contributed by atoms with Crippen molar-refractivity contribution in [3.63, 3.8) is 0 Å². The van der Waals surface area contributed by atoms with Gasteiger partial charge in [-0.1, -0.05) is 6.92 Å². The number of aromatic nitrogens is 4. The van der Waals surface area contributed by atoms with E-state index in [1.54, 1.807) is 6.33 Å². The summed E-state index contributed by atoms with van der Waals surface area (Å²) in [4.78, 5) is 16.0. The molecule has 0 spiro atoms. The fourth-order valence-electron chi connectivity index (χ4n) is 4.39. The van der Waals surface area contributed by atoms with Crippen molar-refractivity contribution in [2.45, 2.75) is 26.2 Å². The van der Waals surface area contributed by atoms with E-state index >= 15 is 0 Å². The lowest BCUT2D eigenvalue weighted by Gasteiger charge is -2.32. The fourth-order valence-corrected chi connectivity index (χ4v) is 5.59. The Labute approximate surface area is 156 Å². The molecule has 1 saturated heterocycles. The molecule has 3 aromatic heterocycles. The van der Waals surface area contributed by atoms with E-state index < -0.39 is 0 Å². The monoisotopic (exact) mass is 373 g/mol. The van der Waals surface area contributed by atoms with Crippen molar-refractivity contribution in [1.82, 2.24) is 19.6 Å². The summed E-state index contributed by atoms with van der Waals surface area (Å²) in [7, 11) is 0. The molecule has 0 radical (unpaired) electrons. The molecule has 3 aromatic rings. The van der Waals surface area contributed by atoms with E-state index in [-0.39, 0.29) is 6.61 Å². The van der Waals surface area contributed by atoms with Gasteiger partial charge in [-0.2, -0.15) is 9.61 Å². The van der Waals surface area contributed by atoms with Gasteiger partial charge in [0.15, 0.2) is 5.65 Å². The highest BCUT2D eigenvalue weighted by Gasteiger charge is 2.27. The summed E-state index contributed by atoms with van der Waals surface area (Å²) < 4.78 is 1.94. The van der Waals surface area contributed by atoms with Gasteiger partial charge in [-0.05, 0) is 30.7 Å². The third-order valence-corrected chi connectivity index (χ3v) is 7.06. The molecule has 0 bridgehead atoms. The van der Waals surface area contributed by atoms with E-state index in [2.05, 4.69) is 21.9 Å². The Morgan fingerprint density at radius 2 is 2.19 bits per heavy atom. The molecule has 138 valence electrons. The van der Waals surface area contributed by atoms with Crippen LogP contribution in [0.25, 0.3) is 15.9 Å². The molecule has 1 atom stereocenters. The molecule has 8 heteroatoms. The van der Waals surface area contributed by atoms with Gasteiger partial charge in [-0.3, -0.25) is 0 Å². The molecule has 0 unspecified atom stereocenters. The largest absolute Gasteiger partial charge is 0.391 e. The zero-order valence-electron chi connectivity index (χ0n) is 15.1. The molecule has 0 aromatic carbocycles. The highest BCUT2D eigenvalue weighted by Crippen LogP contribution is 2.39. The van der Waals surface area contributed by atoms with E-state index in [9.17, 15) is 0 Å². The van der Waals surface area contributed by atoms with E-state index in [4.69, 9.17) is 10.1 Å². The summed E-state index contributed by atoms with van der Waals surface area (Å²) in [5.41, 5.74) is 2.42. The minimum Gasteiger partial charge on any atom is -0.391 e. The van der Waals surface area contributed by atoms with Crippen LogP contribution in [0.5, 0.6) is 0 Å². The summed E-state index contributed by atoms with van der Waals surface area (Å²) in [5, 5.41) is 14.9. The van der Waals surface area contributed by atoms with Crippen LogP contribution in [0.4, 0.5) is 5.95 Å². The van der Waals surface area contributed by atoms with Crippen LogP contribution in [-0.4, -0.2) is 64.0 Å². The van der Waals surface area contributed by atoms with Crippen molar-refractivity contribution in [3.05, 3.63) is 16.8 Å².